The molecular weight excluding hydrogens is 270 g/mol. The van der Waals surface area contributed by atoms with Crippen molar-refractivity contribution in [3.05, 3.63) is 64.4 Å². The lowest BCUT2D eigenvalue weighted by atomic mass is 10.0. The summed E-state index contributed by atoms with van der Waals surface area (Å²) in [7, 11) is 1.73. The standard InChI is InChI=1S/C14H13ClF2N2/c1-18-13(14-11(15)3-2-6-19-14)8-9-7-10(16)4-5-12(9)17/h2-7,13,18H,8H2,1H3. The average molecular weight is 283 g/mol. The van der Waals surface area contributed by atoms with Crippen molar-refractivity contribution in [2.24, 2.45) is 0 Å². The van der Waals surface area contributed by atoms with Gasteiger partial charge in [-0.15, -0.1) is 0 Å². The molecule has 19 heavy (non-hydrogen) atoms. The molecule has 1 N–H and O–H groups in total. The molecule has 0 aliphatic carbocycles. The monoisotopic (exact) mass is 282 g/mol. The fraction of sp³-hybridized carbons (Fsp3) is 0.214. The van der Waals surface area contributed by atoms with Crippen LogP contribution in [0.1, 0.15) is 17.3 Å². The number of hydrogen-bond donors (Lipinski definition) is 1. The summed E-state index contributed by atoms with van der Waals surface area (Å²) in [6, 6.07) is 6.58. The Kier molecular flexibility index (Phi) is 4.45. The molecule has 1 atom stereocenters. The maximum absolute atomic E-state index is 13.6. The highest BCUT2D eigenvalue weighted by molar-refractivity contribution is 6.31. The molecule has 2 nitrogen and oxygen atoms in total. The fourth-order valence-electron chi connectivity index (χ4n) is 1.91. The molecular formula is C14H13ClF2N2. The molecule has 2 rings (SSSR count). The number of rotatable bonds is 4. The van der Waals surface area contributed by atoms with Gasteiger partial charge in [-0.1, -0.05) is 11.6 Å². The van der Waals surface area contributed by atoms with Crippen LogP contribution in [0.3, 0.4) is 0 Å². The highest BCUT2D eigenvalue weighted by atomic mass is 35.5. The Balaban J connectivity index is 2.29. The van der Waals surface area contributed by atoms with Crippen molar-refractivity contribution in [1.82, 2.24) is 10.3 Å². The first-order valence-corrected chi connectivity index (χ1v) is 6.21. The number of nitrogens with one attached hydrogen (secondary N) is 1. The summed E-state index contributed by atoms with van der Waals surface area (Å²) < 4.78 is 26.8. The van der Waals surface area contributed by atoms with E-state index < -0.39 is 11.6 Å². The molecule has 0 spiro atoms. The smallest absolute Gasteiger partial charge is 0.126 e. The normalized spacial score (nSPS) is 12.4. The molecule has 0 bridgehead atoms. The summed E-state index contributed by atoms with van der Waals surface area (Å²) >= 11 is 6.06. The Bertz CT molecular complexity index is 575. The zero-order valence-electron chi connectivity index (χ0n) is 10.3. The van der Waals surface area contributed by atoms with Gasteiger partial charge in [-0.05, 0) is 49.4 Å². The average Bonchev–Trinajstić information content (AvgIpc) is 2.41. The summed E-state index contributed by atoms with van der Waals surface area (Å²) in [5.74, 6) is -0.896. The molecule has 0 amide bonds. The van der Waals surface area contributed by atoms with Crippen molar-refractivity contribution >= 4 is 11.6 Å². The van der Waals surface area contributed by atoms with Gasteiger partial charge in [0.2, 0.25) is 0 Å². The highest BCUT2D eigenvalue weighted by Crippen LogP contribution is 2.24. The molecule has 1 aromatic carbocycles. The number of likely N-dealkylation sites (N-methyl/N-ethyl adjacent to an activating group) is 1. The van der Waals surface area contributed by atoms with Gasteiger partial charge in [-0.3, -0.25) is 4.98 Å². The van der Waals surface area contributed by atoms with Gasteiger partial charge in [0.25, 0.3) is 0 Å². The van der Waals surface area contributed by atoms with E-state index in [1.807, 2.05) is 0 Å². The van der Waals surface area contributed by atoms with E-state index in [0.717, 1.165) is 12.1 Å². The van der Waals surface area contributed by atoms with Crippen molar-refractivity contribution < 1.29 is 8.78 Å². The Morgan fingerprint density at radius 1 is 1.32 bits per heavy atom. The molecule has 0 saturated carbocycles. The Morgan fingerprint density at radius 3 is 2.79 bits per heavy atom. The third kappa shape index (κ3) is 3.28. The lowest BCUT2D eigenvalue weighted by molar-refractivity contribution is 0.536. The van der Waals surface area contributed by atoms with Crippen molar-refractivity contribution in [3.63, 3.8) is 0 Å². The van der Waals surface area contributed by atoms with Gasteiger partial charge in [0.15, 0.2) is 0 Å². The topological polar surface area (TPSA) is 24.9 Å². The summed E-state index contributed by atoms with van der Waals surface area (Å²) in [6.45, 7) is 0. The highest BCUT2D eigenvalue weighted by Gasteiger charge is 2.17. The van der Waals surface area contributed by atoms with E-state index in [1.54, 1.807) is 25.4 Å². The molecule has 1 aromatic heterocycles. The lowest BCUT2D eigenvalue weighted by Gasteiger charge is -2.17. The van der Waals surface area contributed by atoms with Gasteiger partial charge in [0, 0.05) is 6.20 Å². The van der Waals surface area contributed by atoms with Crippen LogP contribution in [0.25, 0.3) is 0 Å². The second kappa shape index (κ2) is 6.08. The van der Waals surface area contributed by atoms with E-state index in [1.165, 1.54) is 6.07 Å². The number of nitrogens with zero attached hydrogens (tertiary/aromatic N) is 1. The van der Waals surface area contributed by atoms with Gasteiger partial charge in [0.1, 0.15) is 11.6 Å². The SMILES string of the molecule is CNC(Cc1cc(F)ccc1F)c1ncccc1Cl. The quantitative estimate of drug-likeness (QED) is 0.928. The predicted octanol–water partition coefficient (Wildman–Crippen LogP) is 3.52. The fourth-order valence-corrected chi connectivity index (χ4v) is 2.16. The van der Waals surface area contributed by atoms with Crippen LogP contribution in [0.4, 0.5) is 8.78 Å². The molecule has 5 heteroatoms. The van der Waals surface area contributed by atoms with Crippen molar-refractivity contribution in [3.8, 4) is 0 Å². The van der Waals surface area contributed by atoms with E-state index in [4.69, 9.17) is 11.6 Å². The number of aromatic nitrogens is 1. The van der Waals surface area contributed by atoms with E-state index in [9.17, 15) is 8.78 Å². The van der Waals surface area contributed by atoms with E-state index >= 15 is 0 Å². The number of benzene rings is 1. The van der Waals surface area contributed by atoms with Crippen LogP contribution in [0.15, 0.2) is 36.5 Å². The van der Waals surface area contributed by atoms with Crippen molar-refractivity contribution in [2.75, 3.05) is 7.05 Å². The predicted molar refractivity (Wildman–Crippen MR) is 71.1 cm³/mol. The van der Waals surface area contributed by atoms with Crippen LogP contribution in [0.5, 0.6) is 0 Å². The second-order valence-corrected chi connectivity index (χ2v) is 4.56. The third-order valence-electron chi connectivity index (χ3n) is 2.90. The zero-order chi connectivity index (χ0) is 13.8. The maximum Gasteiger partial charge on any atom is 0.126 e. The van der Waals surface area contributed by atoms with Crippen LogP contribution < -0.4 is 5.32 Å². The Labute approximate surface area is 115 Å². The molecule has 0 radical (unpaired) electrons. The number of halogens is 3. The Hall–Kier alpha value is -1.52. The first-order chi connectivity index (χ1) is 9.11. The van der Waals surface area contributed by atoms with Crippen molar-refractivity contribution in [1.29, 1.82) is 0 Å². The summed E-state index contributed by atoms with van der Waals surface area (Å²) in [5, 5.41) is 3.52. The molecule has 1 heterocycles. The van der Waals surface area contributed by atoms with Gasteiger partial charge in [0.05, 0.1) is 16.8 Å². The summed E-state index contributed by atoms with van der Waals surface area (Å²) in [4.78, 5) is 4.19. The first kappa shape index (κ1) is 13.9. The summed E-state index contributed by atoms with van der Waals surface area (Å²) in [6.07, 6.45) is 1.89. The molecule has 1 unspecified atom stereocenters. The second-order valence-electron chi connectivity index (χ2n) is 4.15. The van der Waals surface area contributed by atoms with Crippen LogP contribution in [0, 0.1) is 11.6 Å². The van der Waals surface area contributed by atoms with Crippen LogP contribution in [-0.2, 0) is 6.42 Å². The minimum Gasteiger partial charge on any atom is -0.311 e. The van der Waals surface area contributed by atoms with Gasteiger partial charge in [-0.25, -0.2) is 8.78 Å². The minimum atomic E-state index is -0.460. The number of hydrogen-bond acceptors (Lipinski definition) is 2. The molecule has 100 valence electrons. The minimum absolute atomic E-state index is 0.273. The molecule has 0 fully saturated rings. The lowest BCUT2D eigenvalue weighted by Crippen LogP contribution is -2.21. The molecule has 2 aromatic rings. The van der Waals surface area contributed by atoms with E-state index in [0.29, 0.717) is 16.3 Å². The van der Waals surface area contributed by atoms with Crippen molar-refractivity contribution in [2.45, 2.75) is 12.5 Å². The first-order valence-electron chi connectivity index (χ1n) is 5.83. The van der Waals surface area contributed by atoms with Gasteiger partial charge in [-0.2, -0.15) is 0 Å². The molecule has 0 aliphatic heterocycles. The Morgan fingerprint density at radius 2 is 2.11 bits per heavy atom. The number of pyridine rings is 1. The van der Waals surface area contributed by atoms with Gasteiger partial charge >= 0.3 is 0 Å². The van der Waals surface area contributed by atoms with Crippen LogP contribution >= 0.6 is 11.6 Å². The molecule has 0 saturated heterocycles. The largest absolute Gasteiger partial charge is 0.311 e. The van der Waals surface area contributed by atoms with Crippen LogP contribution in [0.2, 0.25) is 5.02 Å². The maximum atomic E-state index is 13.6. The van der Waals surface area contributed by atoms with Gasteiger partial charge < -0.3 is 5.32 Å². The summed E-state index contributed by atoms with van der Waals surface area (Å²) in [5.41, 5.74) is 0.913. The third-order valence-corrected chi connectivity index (χ3v) is 3.22. The van der Waals surface area contributed by atoms with Crippen LogP contribution in [-0.4, -0.2) is 12.0 Å². The zero-order valence-corrected chi connectivity index (χ0v) is 11.1. The van der Waals surface area contributed by atoms with E-state index in [2.05, 4.69) is 10.3 Å². The van der Waals surface area contributed by atoms with E-state index in [-0.39, 0.29) is 12.5 Å². The molecule has 0 aliphatic rings.